The maximum absolute atomic E-state index is 13.3. The smallest absolute Gasteiger partial charge is 0.350 e. The Hall–Kier alpha value is -4.34. The molecule has 1 aromatic heterocycles. The molecule has 2 amide bonds. The summed E-state index contributed by atoms with van der Waals surface area (Å²) in [5, 5.41) is 17.7. The number of hydrogen-bond acceptors (Lipinski definition) is 4. The SMILES string of the molecule is Cc1cc(Cn2nc(C(F)(F)F)cc2C(F)(F)F)ccc1NC(=O)c1cccc(C#N)c1C(=O)NC(C)C. The van der Waals surface area contributed by atoms with E-state index >= 15 is 0 Å². The number of halogens is 6. The van der Waals surface area contributed by atoms with E-state index in [9.17, 15) is 41.2 Å². The topological polar surface area (TPSA) is 99.8 Å². The van der Waals surface area contributed by atoms with Crippen LogP contribution in [0.5, 0.6) is 0 Å². The van der Waals surface area contributed by atoms with Crippen LogP contribution < -0.4 is 10.6 Å². The fourth-order valence-corrected chi connectivity index (χ4v) is 3.64. The third kappa shape index (κ3) is 6.31. The van der Waals surface area contributed by atoms with Gasteiger partial charge in [-0.3, -0.25) is 14.3 Å². The molecule has 0 aliphatic rings. The van der Waals surface area contributed by atoms with Crippen molar-refractivity contribution >= 4 is 17.5 Å². The minimum absolute atomic E-state index is 0.0132. The molecule has 38 heavy (non-hydrogen) atoms. The molecule has 200 valence electrons. The van der Waals surface area contributed by atoms with E-state index in [0.29, 0.717) is 5.56 Å². The van der Waals surface area contributed by atoms with E-state index in [1.165, 1.54) is 43.3 Å². The summed E-state index contributed by atoms with van der Waals surface area (Å²) in [6, 6.07) is 9.84. The number of benzene rings is 2. The maximum atomic E-state index is 13.3. The standard InChI is InChI=1S/C25H21F6N5O2/c1-13(2)33-23(38)21-16(11-32)5-4-6-17(21)22(37)34-18-8-7-15(9-14(18)3)12-36-20(25(29,30)31)10-19(35-36)24(26,27)28/h4-10,13H,12H2,1-3H3,(H,33,38)(H,34,37). The zero-order valence-electron chi connectivity index (χ0n) is 20.3. The molecule has 13 heteroatoms. The molecule has 2 N–H and O–H groups in total. The van der Waals surface area contributed by atoms with Gasteiger partial charge >= 0.3 is 12.4 Å². The third-order valence-corrected chi connectivity index (χ3v) is 5.31. The number of amides is 2. The molecule has 3 aromatic rings. The normalized spacial score (nSPS) is 11.8. The van der Waals surface area contributed by atoms with Crippen LogP contribution in [0.15, 0.2) is 42.5 Å². The molecule has 0 fully saturated rings. The van der Waals surface area contributed by atoms with Crippen molar-refractivity contribution in [2.24, 2.45) is 0 Å². The summed E-state index contributed by atoms with van der Waals surface area (Å²) in [5.74, 6) is -1.33. The van der Waals surface area contributed by atoms with E-state index < -0.39 is 42.1 Å². The van der Waals surface area contributed by atoms with E-state index in [1.54, 1.807) is 13.8 Å². The first-order valence-corrected chi connectivity index (χ1v) is 11.1. The summed E-state index contributed by atoms with van der Waals surface area (Å²) in [6.45, 7) is 4.35. The van der Waals surface area contributed by atoms with E-state index in [1.807, 2.05) is 6.07 Å². The summed E-state index contributed by atoms with van der Waals surface area (Å²) < 4.78 is 78.9. The monoisotopic (exact) mass is 537 g/mol. The van der Waals surface area contributed by atoms with Crippen molar-refractivity contribution in [3.05, 3.63) is 81.7 Å². The van der Waals surface area contributed by atoms with Crippen LogP contribution in [-0.4, -0.2) is 27.6 Å². The van der Waals surface area contributed by atoms with Gasteiger partial charge in [0.1, 0.15) is 5.69 Å². The van der Waals surface area contributed by atoms with Crippen LogP contribution in [0.3, 0.4) is 0 Å². The Bertz CT molecular complexity index is 1420. The Morgan fingerprint density at radius 3 is 2.26 bits per heavy atom. The molecule has 0 atom stereocenters. The van der Waals surface area contributed by atoms with Gasteiger partial charge in [0.25, 0.3) is 11.8 Å². The molecule has 1 heterocycles. The number of carbonyl (C=O) groups is 2. The number of rotatable bonds is 6. The second kappa shape index (κ2) is 10.6. The number of carbonyl (C=O) groups excluding carboxylic acids is 2. The van der Waals surface area contributed by atoms with Gasteiger partial charge in [0, 0.05) is 17.8 Å². The predicted molar refractivity (Wildman–Crippen MR) is 124 cm³/mol. The van der Waals surface area contributed by atoms with Gasteiger partial charge in [0.05, 0.1) is 29.3 Å². The van der Waals surface area contributed by atoms with Gasteiger partial charge in [0.2, 0.25) is 0 Å². The van der Waals surface area contributed by atoms with Crippen molar-refractivity contribution < 1.29 is 35.9 Å². The average molecular weight is 537 g/mol. The van der Waals surface area contributed by atoms with Gasteiger partial charge in [-0.2, -0.15) is 36.7 Å². The third-order valence-electron chi connectivity index (χ3n) is 5.31. The van der Waals surface area contributed by atoms with Gasteiger partial charge in [0.15, 0.2) is 5.69 Å². The molecule has 3 rings (SSSR count). The van der Waals surface area contributed by atoms with E-state index in [0.717, 1.165) is 0 Å². The molecule has 0 saturated heterocycles. The Balaban J connectivity index is 1.89. The Morgan fingerprint density at radius 1 is 1.03 bits per heavy atom. The van der Waals surface area contributed by atoms with Gasteiger partial charge < -0.3 is 10.6 Å². The lowest BCUT2D eigenvalue weighted by Gasteiger charge is -2.15. The highest BCUT2D eigenvalue weighted by Crippen LogP contribution is 2.35. The summed E-state index contributed by atoms with van der Waals surface area (Å²) >= 11 is 0. The Morgan fingerprint density at radius 2 is 1.71 bits per heavy atom. The van der Waals surface area contributed by atoms with Crippen molar-refractivity contribution in [2.75, 3.05) is 5.32 Å². The van der Waals surface area contributed by atoms with Crippen molar-refractivity contribution in [3.8, 4) is 6.07 Å². The second-order valence-electron chi connectivity index (χ2n) is 8.64. The molecule has 0 aliphatic carbocycles. The van der Waals surface area contributed by atoms with E-state index in [4.69, 9.17) is 0 Å². The van der Waals surface area contributed by atoms with Gasteiger partial charge in [-0.15, -0.1) is 0 Å². The molecule has 0 bridgehead atoms. The van der Waals surface area contributed by atoms with E-state index in [-0.39, 0.29) is 44.7 Å². The highest BCUT2D eigenvalue weighted by molar-refractivity contribution is 6.13. The lowest BCUT2D eigenvalue weighted by atomic mass is 9.99. The van der Waals surface area contributed by atoms with Crippen molar-refractivity contribution in [3.63, 3.8) is 0 Å². The number of hydrogen-bond donors (Lipinski definition) is 2. The molecular weight excluding hydrogens is 516 g/mol. The van der Waals surface area contributed by atoms with Crippen LogP contribution in [0.25, 0.3) is 0 Å². The molecule has 7 nitrogen and oxygen atoms in total. The largest absolute Gasteiger partial charge is 0.435 e. The number of nitriles is 1. The summed E-state index contributed by atoms with van der Waals surface area (Å²) in [7, 11) is 0. The van der Waals surface area contributed by atoms with Crippen LogP contribution in [-0.2, 0) is 18.9 Å². The number of alkyl halides is 6. The van der Waals surface area contributed by atoms with Crippen LogP contribution in [0.1, 0.15) is 62.6 Å². The average Bonchev–Trinajstić information content (AvgIpc) is 3.24. The molecule has 0 spiro atoms. The maximum Gasteiger partial charge on any atom is 0.435 e. The van der Waals surface area contributed by atoms with Crippen molar-refractivity contribution in [1.29, 1.82) is 5.26 Å². The summed E-state index contributed by atoms with van der Waals surface area (Å²) in [6.07, 6.45) is -10.1. The fraction of sp³-hybridized carbons (Fsp3) is 0.280. The molecule has 0 saturated carbocycles. The summed E-state index contributed by atoms with van der Waals surface area (Å²) in [4.78, 5) is 25.7. The van der Waals surface area contributed by atoms with Gasteiger partial charge in [-0.25, -0.2) is 0 Å². The van der Waals surface area contributed by atoms with Crippen molar-refractivity contribution in [2.45, 2.75) is 45.7 Å². The number of nitrogens with zero attached hydrogens (tertiary/aromatic N) is 3. The first-order valence-electron chi connectivity index (χ1n) is 11.1. The number of nitrogens with one attached hydrogen (secondary N) is 2. The molecule has 0 radical (unpaired) electrons. The number of anilines is 1. The van der Waals surface area contributed by atoms with Crippen LogP contribution in [0.4, 0.5) is 32.0 Å². The summed E-state index contributed by atoms with van der Waals surface area (Å²) in [5.41, 5.74) is -2.59. The number of aryl methyl sites for hydroxylation is 1. The molecule has 2 aromatic carbocycles. The predicted octanol–water partition coefficient (Wildman–Crippen LogP) is 5.54. The minimum atomic E-state index is -5.06. The van der Waals surface area contributed by atoms with Gasteiger partial charge in [-0.05, 0) is 50.1 Å². The Labute approximate surface area is 213 Å². The second-order valence-corrected chi connectivity index (χ2v) is 8.64. The Kier molecular flexibility index (Phi) is 7.85. The number of aromatic nitrogens is 2. The van der Waals surface area contributed by atoms with Crippen molar-refractivity contribution in [1.82, 2.24) is 15.1 Å². The minimum Gasteiger partial charge on any atom is -0.350 e. The van der Waals surface area contributed by atoms with E-state index in [2.05, 4.69) is 15.7 Å². The highest BCUT2D eigenvalue weighted by atomic mass is 19.4. The van der Waals surface area contributed by atoms with Crippen LogP contribution >= 0.6 is 0 Å². The van der Waals surface area contributed by atoms with Crippen LogP contribution in [0, 0.1) is 18.3 Å². The highest BCUT2D eigenvalue weighted by Gasteiger charge is 2.41. The molecular formula is C25H21F6N5O2. The molecule has 0 unspecified atom stereocenters. The lowest BCUT2D eigenvalue weighted by molar-refractivity contribution is -0.144. The first kappa shape index (κ1) is 28.2. The zero-order chi connectivity index (χ0) is 28.4. The quantitative estimate of drug-likeness (QED) is 0.404. The molecule has 0 aliphatic heterocycles. The lowest BCUT2D eigenvalue weighted by Crippen LogP contribution is -2.32. The van der Waals surface area contributed by atoms with Crippen LogP contribution in [0.2, 0.25) is 0 Å². The zero-order valence-corrected chi connectivity index (χ0v) is 20.3. The van der Waals surface area contributed by atoms with Gasteiger partial charge in [-0.1, -0.05) is 18.2 Å². The fourth-order valence-electron chi connectivity index (χ4n) is 3.64. The first-order chi connectivity index (χ1) is 17.6.